The number of aliphatic imine (C=N–C) groups is 2. The van der Waals surface area contributed by atoms with Crippen LogP contribution in [0.25, 0.3) is 0 Å². The van der Waals surface area contributed by atoms with Gasteiger partial charge in [-0.1, -0.05) is 6.42 Å². The highest BCUT2D eigenvalue weighted by Crippen LogP contribution is 2.46. The molecule has 1 aromatic rings. The Morgan fingerprint density at radius 2 is 1.60 bits per heavy atom. The van der Waals surface area contributed by atoms with Gasteiger partial charge in [-0.3, -0.25) is 4.90 Å². The van der Waals surface area contributed by atoms with Crippen molar-refractivity contribution in [2.75, 3.05) is 4.90 Å². The van der Waals surface area contributed by atoms with Gasteiger partial charge in [0.2, 0.25) is 11.9 Å². The number of nitrogens with zero attached hydrogens (tertiary/aromatic N) is 3. The van der Waals surface area contributed by atoms with Gasteiger partial charge >= 0.3 is 6.18 Å². The summed E-state index contributed by atoms with van der Waals surface area (Å²) >= 11 is 6.51. The van der Waals surface area contributed by atoms with Crippen LogP contribution in [0.2, 0.25) is 0 Å². The average Bonchev–Trinajstić information content (AvgIpc) is 2.49. The van der Waals surface area contributed by atoms with Crippen LogP contribution in [0, 0.1) is 0 Å². The summed E-state index contributed by atoms with van der Waals surface area (Å²) < 4.78 is 39.7. The predicted molar refractivity (Wildman–Crippen MR) is 98.4 cm³/mol. The molecule has 0 bridgehead atoms. The minimum absolute atomic E-state index is 0.0924. The fourth-order valence-corrected chi connectivity index (χ4v) is 4.93. The summed E-state index contributed by atoms with van der Waals surface area (Å²) in [5, 5.41) is 0. The quantitative estimate of drug-likeness (QED) is 0.624. The highest BCUT2D eigenvalue weighted by molar-refractivity contribution is 9.11. The van der Waals surface area contributed by atoms with Crippen molar-refractivity contribution in [2.45, 2.75) is 43.9 Å². The van der Waals surface area contributed by atoms with E-state index in [0.29, 0.717) is 18.5 Å². The van der Waals surface area contributed by atoms with Crippen molar-refractivity contribution in [3.8, 4) is 0 Å². The van der Waals surface area contributed by atoms with Gasteiger partial charge in [0, 0.05) is 8.95 Å². The first-order valence-electron chi connectivity index (χ1n) is 7.70. The zero-order valence-corrected chi connectivity index (χ0v) is 16.2. The zero-order chi connectivity index (χ0) is 18.4. The molecule has 0 aromatic heterocycles. The van der Waals surface area contributed by atoms with Crippen LogP contribution in [-0.2, 0) is 6.18 Å². The molecule has 0 atom stereocenters. The lowest BCUT2D eigenvalue weighted by atomic mass is 9.87. The van der Waals surface area contributed by atoms with Crippen LogP contribution in [0.3, 0.4) is 0 Å². The third-order valence-corrected chi connectivity index (χ3v) is 5.63. The Kier molecular flexibility index (Phi) is 4.78. The molecule has 3 rings (SSSR count). The molecule has 0 unspecified atom stereocenters. The zero-order valence-electron chi connectivity index (χ0n) is 13.1. The maximum atomic E-state index is 13.1. The van der Waals surface area contributed by atoms with Crippen LogP contribution in [0.1, 0.15) is 37.7 Å². The third kappa shape index (κ3) is 3.38. The van der Waals surface area contributed by atoms with E-state index in [4.69, 9.17) is 11.5 Å². The van der Waals surface area contributed by atoms with Crippen molar-refractivity contribution in [3.05, 3.63) is 26.6 Å². The first-order chi connectivity index (χ1) is 11.6. The number of nitrogens with two attached hydrogens (primary N) is 2. The van der Waals surface area contributed by atoms with E-state index in [1.807, 2.05) is 0 Å². The summed E-state index contributed by atoms with van der Waals surface area (Å²) in [4.78, 5) is 10.2. The molecule has 136 valence electrons. The van der Waals surface area contributed by atoms with Crippen LogP contribution in [0.15, 0.2) is 31.1 Å². The lowest BCUT2D eigenvalue weighted by Gasteiger charge is -2.46. The Labute approximate surface area is 159 Å². The lowest BCUT2D eigenvalue weighted by Crippen LogP contribution is -2.58. The molecule has 1 heterocycles. The molecule has 10 heteroatoms. The van der Waals surface area contributed by atoms with E-state index in [1.165, 1.54) is 0 Å². The summed E-state index contributed by atoms with van der Waals surface area (Å²) in [6.45, 7) is 0. The summed E-state index contributed by atoms with van der Waals surface area (Å²) in [6.07, 6.45) is -0.131. The van der Waals surface area contributed by atoms with E-state index in [9.17, 15) is 13.2 Å². The maximum absolute atomic E-state index is 13.1. The second-order valence-electron chi connectivity index (χ2n) is 6.10. The SMILES string of the molecule is NC1=NC2(CCCCC2)N(c2c(Br)cc(C(F)(F)F)cc2Br)C(N)=N1. The normalized spacial score (nSPS) is 20.4. The molecule has 1 saturated carbocycles. The fraction of sp³-hybridized carbons (Fsp3) is 0.467. The molecule has 1 aliphatic heterocycles. The highest BCUT2D eigenvalue weighted by Gasteiger charge is 2.44. The number of hydrogen-bond donors (Lipinski definition) is 2. The molecule has 1 spiro atoms. The molecule has 1 fully saturated rings. The van der Waals surface area contributed by atoms with Crippen LogP contribution in [0.4, 0.5) is 18.9 Å². The number of rotatable bonds is 1. The van der Waals surface area contributed by atoms with Crippen LogP contribution in [0.5, 0.6) is 0 Å². The molecule has 4 N–H and O–H groups in total. The Morgan fingerprint density at radius 1 is 1.04 bits per heavy atom. The number of guanidine groups is 2. The van der Waals surface area contributed by atoms with Gasteiger partial charge in [-0.2, -0.15) is 18.2 Å². The smallest absolute Gasteiger partial charge is 0.369 e. The summed E-state index contributed by atoms with van der Waals surface area (Å²) in [5.41, 5.74) is 10.9. The molecule has 0 radical (unpaired) electrons. The molecule has 0 saturated heterocycles. The Balaban J connectivity index is 2.15. The number of halogens is 5. The van der Waals surface area contributed by atoms with Crippen molar-refractivity contribution < 1.29 is 13.2 Å². The van der Waals surface area contributed by atoms with Crippen molar-refractivity contribution >= 4 is 49.5 Å². The number of alkyl halides is 3. The molecule has 5 nitrogen and oxygen atoms in total. The molecule has 1 aromatic carbocycles. The Bertz CT molecular complexity index is 731. The van der Waals surface area contributed by atoms with E-state index in [-0.39, 0.29) is 20.9 Å². The standard InChI is InChI=1S/C15H16Br2F3N5/c16-9-6-8(15(18,19)20)7-10(17)11(9)25-13(22)23-12(21)24-14(25)4-2-1-3-5-14/h6-7H,1-5H2,(H4,21,22,23,24). The van der Waals surface area contributed by atoms with Gasteiger partial charge in [-0.05, 0) is 69.7 Å². The van der Waals surface area contributed by atoms with Crippen LogP contribution >= 0.6 is 31.9 Å². The molecule has 1 aliphatic carbocycles. The first-order valence-corrected chi connectivity index (χ1v) is 9.29. The van der Waals surface area contributed by atoms with E-state index < -0.39 is 17.4 Å². The summed E-state index contributed by atoms with van der Waals surface area (Å²) in [6, 6.07) is 2.07. The summed E-state index contributed by atoms with van der Waals surface area (Å²) in [5.74, 6) is 0.213. The van der Waals surface area contributed by atoms with Gasteiger partial charge in [0.1, 0.15) is 5.66 Å². The molecular weight excluding hydrogens is 467 g/mol. The van der Waals surface area contributed by atoms with Gasteiger partial charge < -0.3 is 11.5 Å². The number of benzene rings is 1. The number of anilines is 1. The van der Waals surface area contributed by atoms with Gasteiger partial charge in [0.15, 0.2) is 0 Å². The highest BCUT2D eigenvalue weighted by atomic mass is 79.9. The molecular formula is C15H16Br2F3N5. The Morgan fingerprint density at radius 3 is 2.12 bits per heavy atom. The van der Waals surface area contributed by atoms with Gasteiger partial charge in [0.05, 0.1) is 11.3 Å². The average molecular weight is 483 g/mol. The second-order valence-corrected chi connectivity index (χ2v) is 7.81. The van der Waals surface area contributed by atoms with E-state index in [2.05, 4.69) is 41.8 Å². The second kappa shape index (κ2) is 6.46. The molecule has 0 amide bonds. The van der Waals surface area contributed by atoms with Gasteiger partial charge in [0.25, 0.3) is 0 Å². The molecule has 25 heavy (non-hydrogen) atoms. The van der Waals surface area contributed by atoms with Gasteiger partial charge in [-0.15, -0.1) is 0 Å². The van der Waals surface area contributed by atoms with Crippen LogP contribution < -0.4 is 16.4 Å². The van der Waals surface area contributed by atoms with Crippen molar-refractivity contribution in [1.29, 1.82) is 0 Å². The Hall–Kier alpha value is -1.29. The van der Waals surface area contributed by atoms with E-state index in [1.54, 1.807) is 4.90 Å². The van der Waals surface area contributed by atoms with E-state index >= 15 is 0 Å². The van der Waals surface area contributed by atoms with Crippen molar-refractivity contribution in [3.63, 3.8) is 0 Å². The van der Waals surface area contributed by atoms with Crippen molar-refractivity contribution in [1.82, 2.24) is 0 Å². The third-order valence-electron chi connectivity index (χ3n) is 4.42. The number of hydrogen-bond acceptors (Lipinski definition) is 5. The largest absolute Gasteiger partial charge is 0.416 e. The van der Waals surface area contributed by atoms with Gasteiger partial charge in [-0.25, -0.2) is 4.99 Å². The molecule has 2 aliphatic rings. The summed E-state index contributed by atoms with van der Waals surface area (Å²) in [7, 11) is 0. The fourth-order valence-electron chi connectivity index (χ4n) is 3.39. The van der Waals surface area contributed by atoms with Crippen LogP contribution in [-0.4, -0.2) is 17.6 Å². The van der Waals surface area contributed by atoms with Crippen molar-refractivity contribution in [2.24, 2.45) is 21.5 Å². The minimum Gasteiger partial charge on any atom is -0.369 e. The monoisotopic (exact) mass is 481 g/mol. The first kappa shape index (κ1) is 18.5. The minimum atomic E-state index is -4.45. The lowest BCUT2D eigenvalue weighted by molar-refractivity contribution is -0.137. The predicted octanol–water partition coefficient (Wildman–Crippen LogP) is 4.34. The van der Waals surface area contributed by atoms with E-state index in [0.717, 1.165) is 31.4 Å². The topological polar surface area (TPSA) is 80.0 Å². The maximum Gasteiger partial charge on any atom is 0.416 e.